The van der Waals surface area contributed by atoms with Crippen LogP contribution in [-0.2, 0) is 20.9 Å². The molecule has 2 aromatic rings. The molecule has 4 saturated carbocycles. The second kappa shape index (κ2) is 12.0. The molecular formula is C33H40FN3O5. The monoisotopic (exact) mass is 577 g/mol. The summed E-state index contributed by atoms with van der Waals surface area (Å²) in [6.07, 6.45) is 8.19. The molecule has 4 aliphatic carbocycles. The van der Waals surface area contributed by atoms with Crippen LogP contribution in [0, 0.1) is 29.0 Å². The van der Waals surface area contributed by atoms with E-state index in [1.165, 1.54) is 57.8 Å². The number of benzene rings is 2. The maximum absolute atomic E-state index is 14.4. The smallest absolute Gasteiger partial charge is 0.337 e. The third-order valence-corrected chi connectivity index (χ3v) is 9.71. The largest absolute Gasteiger partial charge is 0.465 e. The van der Waals surface area contributed by atoms with Crippen molar-refractivity contribution in [2.45, 2.75) is 51.5 Å². The maximum Gasteiger partial charge on any atom is 0.337 e. The molecule has 1 N–H and O–H groups in total. The molecule has 1 aliphatic heterocycles. The normalized spacial score (nSPS) is 26.6. The van der Waals surface area contributed by atoms with Crippen LogP contribution < -0.4 is 10.1 Å². The SMILES string of the molecule is COC(=O)c1ccc(Oc2cc(F)cc(CN3CCN(C(=O)CNC(=O)CC45CC6CC(CC(C6)C4)C5)CC3)c2)cc1. The van der Waals surface area contributed by atoms with E-state index in [-0.39, 0.29) is 23.8 Å². The maximum atomic E-state index is 14.4. The molecule has 0 atom stereocenters. The van der Waals surface area contributed by atoms with Gasteiger partial charge in [0.2, 0.25) is 11.8 Å². The second-order valence-corrected chi connectivity index (χ2v) is 12.9. The molecule has 4 bridgehead atoms. The number of nitrogens with one attached hydrogen (secondary N) is 1. The topological polar surface area (TPSA) is 88.2 Å². The minimum atomic E-state index is -0.436. The average Bonchev–Trinajstić information content (AvgIpc) is 2.95. The van der Waals surface area contributed by atoms with Gasteiger partial charge in [-0.3, -0.25) is 14.5 Å². The fourth-order valence-corrected chi connectivity index (χ4v) is 8.29. The summed E-state index contributed by atoms with van der Waals surface area (Å²) < 4.78 is 24.9. The number of carbonyl (C=O) groups excluding carboxylic acids is 3. The van der Waals surface area contributed by atoms with E-state index < -0.39 is 11.8 Å². The van der Waals surface area contributed by atoms with E-state index in [1.54, 1.807) is 35.2 Å². The Morgan fingerprint density at radius 3 is 2.17 bits per heavy atom. The molecule has 5 aliphatic rings. The van der Waals surface area contributed by atoms with Crippen LogP contribution in [-0.4, -0.2) is 67.4 Å². The number of rotatable bonds is 9. The van der Waals surface area contributed by atoms with Crippen molar-refractivity contribution in [3.05, 3.63) is 59.4 Å². The summed E-state index contributed by atoms with van der Waals surface area (Å²) in [4.78, 5) is 41.3. The van der Waals surface area contributed by atoms with Gasteiger partial charge >= 0.3 is 5.97 Å². The van der Waals surface area contributed by atoms with Crippen molar-refractivity contribution in [1.29, 1.82) is 0 Å². The summed E-state index contributed by atoms with van der Waals surface area (Å²) in [5.74, 6) is 2.41. The van der Waals surface area contributed by atoms with Gasteiger partial charge in [0, 0.05) is 45.2 Å². The molecular weight excluding hydrogens is 537 g/mol. The fraction of sp³-hybridized carbons (Fsp3) is 0.545. The first-order valence-corrected chi connectivity index (χ1v) is 15.2. The van der Waals surface area contributed by atoms with E-state index in [4.69, 9.17) is 9.47 Å². The van der Waals surface area contributed by atoms with Crippen LogP contribution in [0.15, 0.2) is 42.5 Å². The summed E-state index contributed by atoms with van der Waals surface area (Å²) in [6, 6.07) is 11.1. The van der Waals surface area contributed by atoms with Gasteiger partial charge in [-0.15, -0.1) is 0 Å². The Kier molecular flexibility index (Phi) is 8.21. The van der Waals surface area contributed by atoms with E-state index in [2.05, 4.69) is 10.2 Å². The zero-order valence-corrected chi connectivity index (χ0v) is 24.3. The second-order valence-electron chi connectivity index (χ2n) is 12.9. The van der Waals surface area contributed by atoms with Gasteiger partial charge in [0.05, 0.1) is 19.2 Å². The van der Waals surface area contributed by atoms with Crippen molar-refractivity contribution in [2.24, 2.45) is 23.2 Å². The zero-order chi connectivity index (χ0) is 29.3. The van der Waals surface area contributed by atoms with Gasteiger partial charge in [-0.05, 0) is 104 Å². The minimum absolute atomic E-state index is 0.0208. The minimum Gasteiger partial charge on any atom is -0.465 e. The summed E-state index contributed by atoms with van der Waals surface area (Å²) in [5.41, 5.74) is 1.35. The number of carbonyl (C=O) groups is 3. The number of ether oxygens (including phenoxy) is 2. The highest BCUT2D eigenvalue weighted by Gasteiger charge is 2.51. The molecule has 1 heterocycles. The Bertz CT molecular complexity index is 1290. The first kappa shape index (κ1) is 28.6. The summed E-state index contributed by atoms with van der Waals surface area (Å²) in [7, 11) is 1.32. The summed E-state index contributed by atoms with van der Waals surface area (Å²) >= 11 is 0. The molecule has 2 amide bonds. The van der Waals surface area contributed by atoms with Gasteiger partial charge in [-0.2, -0.15) is 0 Å². The Balaban J connectivity index is 0.951. The van der Waals surface area contributed by atoms with Crippen molar-refractivity contribution >= 4 is 17.8 Å². The number of amides is 2. The molecule has 8 nitrogen and oxygen atoms in total. The summed E-state index contributed by atoms with van der Waals surface area (Å²) in [6.45, 7) is 3.03. The molecule has 0 aromatic heterocycles. The van der Waals surface area contributed by atoms with Crippen LogP contribution in [0.3, 0.4) is 0 Å². The van der Waals surface area contributed by atoms with Crippen molar-refractivity contribution in [1.82, 2.24) is 15.1 Å². The van der Waals surface area contributed by atoms with Gasteiger partial charge in [-0.25, -0.2) is 9.18 Å². The van der Waals surface area contributed by atoms with Crippen LogP contribution in [0.4, 0.5) is 4.39 Å². The molecule has 224 valence electrons. The van der Waals surface area contributed by atoms with Crippen molar-refractivity contribution in [2.75, 3.05) is 39.8 Å². The lowest BCUT2D eigenvalue weighted by atomic mass is 9.49. The van der Waals surface area contributed by atoms with Gasteiger partial charge < -0.3 is 19.7 Å². The third-order valence-electron chi connectivity index (χ3n) is 9.71. The molecule has 0 radical (unpaired) electrons. The Labute approximate surface area is 246 Å². The number of hydrogen-bond donors (Lipinski definition) is 1. The van der Waals surface area contributed by atoms with Crippen LogP contribution >= 0.6 is 0 Å². The van der Waals surface area contributed by atoms with Crippen LogP contribution in [0.25, 0.3) is 0 Å². The molecule has 9 heteroatoms. The van der Waals surface area contributed by atoms with Gasteiger partial charge in [0.15, 0.2) is 0 Å². The standard InChI is InChI=1S/C33H40FN3O5/c1-41-32(40)26-2-4-28(5-3-26)42-29-14-25(13-27(34)15-29)21-36-6-8-37(9-7-36)31(39)20-35-30(38)19-33-16-22-10-23(17-33)12-24(11-22)18-33/h2-5,13-15,22-24H,6-12,16-21H2,1H3,(H,35,38). The van der Waals surface area contributed by atoms with Crippen LogP contribution in [0.1, 0.15) is 60.9 Å². The van der Waals surface area contributed by atoms with Crippen molar-refractivity contribution in [3.8, 4) is 11.5 Å². The van der Waals surface area contributed by atoms with Crippen molar-refractivity contribution < 1.29 is 28.2 Å². The van der Waals surface area contributed by atoms with E-state index in [1.807, 2.05) is 0 Å². The lowest BCUT2D eigenvalue weighted by Gasteiger charge is -2.56. The predicted molar refractivity (Wildman–Crippen MR) is 154 cm³/mol. The Morgan fingerprint density at radius 2 is 1.55 bits per heavy atom. The molecule has 2 aromatic carbocycles. The third kappa shape index (κ3) is 6.61. The van der Waals surface area contributed by atoms with Gasteiger partial charge in [0.1, 0.15) is 17.3 Å². The lowest BCUT2D eigenvalue weighted by Crippen LogP contribution is -2.51. The Morgan fingerprint density at radius 1 is 0.905 bits per heavy atom. The van der Waals surface area contributed by atoms with Crippen molar-refractivity contribution in [3.63, 3.8) is 0 Å². The van der Waals surface area contributed by atoms with Gasteiger partial charge in [-0.1, -0.05) is 0 Å². The Hall–Kier alpha value is -3.46. The molecule has 0 unspecified atom stereocenters. The molecule has 42 heavy (non-hydrogen) atoms. The number of piperazine rings is 1. The number of nitrogens with zero attached hydrogens (tertiary/aromatic N) is 2. The molecule has 5 fully saturated rings. The van der Waals surface area contributed by atoms with E-state index in [9.17, 15) is 18.8 Å². The summed E-state index contributed by atoms with van der Waals surface area (Å²) in [5, 5.41) is 2.93. The first-order valence-electron chi connectivity index (χ1n) is 15.2. The van der Waals surface area contributed by atoms with E-state index in [0.717, 1.165) is 23.3 Å². The number of halogens is 1. The van der Waals surface area contributed by atoms with Crippen LogP contribution in [0.5, 0.6) is 11.5 Å². The van der Waals surface area contributed by atoms with E-state index in [0.29, 0.717) is 56.2 Å². The number of esters is 1. The predicted octanol–water partition coefficient (Wildman–Crippen LogP) is 4.77. The zero-order valence-electron chi connectivity index (χ0n) is 24.3. The lowest BCUT2D eigenvalue weighted by molar-refractivity contribution is -0.136. The number of hydrogen-bond acceptors (Lipinski definition) is 6. The molecule has 0 spiro atoms. The quantitative estimate of drug-likeness (QED) is 0.432. The first-order chi connectivity index (χ1) is 20.3. The highest BCUT2D eigenvalue weighted by molar-refractivity contribution is 5.89. The van der Waals surface area contributed by atoms with Gasteiger partial charge in [0.25, 0.3) is 0 Å². The van der Waals surface area contributed by atoms with E-state index >= 15 is 0 Å². The molecule has 1 saturated heterocycles. The highest BCUT2D eigenvalue weighted by atomic mass is 19.1. The van der Waals surface area contributed by atoms with Crippen LogP contribution in [0.2, 0.25) is 0 Å². The molecule has 7 rings (SSSR count). The average molecular weight is 578 g/mol. The fourth-order valence-electron chi connectivity index (χ4n) is 8.29. The number of methoxy groups -OCH3 is 1. The highest BCUT2D eigenvalue weighted by Crippen LogP contribution is 2.61.